The zero-order valence-electron chi connectivity index (χ0n) is 54.2. The minimum Gasteiger partial charge on any atom is -0.756 e. The van der Waals surface area contributed by atoms with E-state index in [9.17, 15) is 42.9 Å². The molecule has 0 aliphatic heterocycles. The van der Waals surface area contributed by atoms with E-state index in [0.717, 1.165) is 106 Å². The summed E-state index contributed by atoms with van der Waals surface area (Å²) in [5.74, 6) is -1.47. The van der Waals surface area contributed by atoms with Crippen molar-refractivity contribution in [2.24, 2.45) is 0 Å². The van der Waals surface area contributed by atoms with E-state index in [1.807, 2.05) is 48.5 Å². The van der Waals surface area contributed by atoms with Crippen LogP contribution in [0.2, 0.25) is 0 Å². The van der Waals surface area contributed by atoms with Crippen molar-refractivity contribution in [2.45, 2.75) is 237 Å². The SMILES string of the molecule is CCCCCCCCCCCCCC(=O)OCC(COP(=O)([O-])OCC[NH3+])OC(=O)CCCCCCCCCCCOC.COCCCCCCCCCCCC(=O)OC(CC=O)COP(=O)([O-])OCCNC(=O)OCC1c2ccccc2-c2ccccc21. The van der Waals surface area contributed by atoms with Crippen LogP contribution in [0.15, 0.2) is 48.5 Å². The molecule has 21 nitrogen and oxygen atoms in total. The summed E-state index contributed by atoms with van der Waals surface area (Å²) in [5.41, 5.74) is 7.91. The summed E-state index contributed by atoms with van der Waals surface area (Å²) in [6.07, 6.45) is 30.5. The normalized spacial score (nSPS) is 13.8. The van der Waals surface area contributed by atoms with Crippen LogP contribution in [0, 0.1) is 0 Å². The molecular weight excluding hydrogens is 1190 g/mol. The number of quaternary nitrogens is 1. The number of benzene rings is 2. The smallest absolute Gasteiger partial charge is 0.407 e. The molecule has 0 radical (unpaired) electrons. The lowest BCUT2D eigenvalue weighted by molar-refractivity contribution is -0.373. The van der Waals surface area contributed by atoms with Gasteiger partial charge in [-0.05, 0) is 54.4 Å². The number of nitrogens with one attached hydrogen (secondary N) is 1. The molecule has 0 heterocycles. The largest absolute Gasteiger partial charge is 0.756 e. The van der Waals surface area contributed by atoms with E-state index in [1.165, 1.54) is 103 Å². The molecule has 0 aromatic heterocycles. The molecular formula is C66H111N2O19P2-. The maximum absolute atomic E-state index is 12.4. The molecule has 4 unspecified atom stereocenters. The number of fused-ring (bicyclic) bond motifs is 3. The van der Waals surface area contributed by atoms with Crippen molar-refractivity contribution < 1.29 is 95.1 Å². The maximum Gasteiger partial charge on any atom is 0.407 e. The summed E-state index contributed by atoms with van der Waals surface area (Å²) in [4.78, 5) is 84.3. The summed E-state index contributed by atoms with van der Waals surface area (Å²) >= 11 is 0. The summed E-state index contributed by atoms with van der Waals surface area (Å²) in [6.45, 7) is 2.33. The van der Waals surface area contributed by atoms with Gasteiger partial charge in [-0.3, -0.25) is 23.5 Å². The number of carbonyl (C=O) groups excluding carboxylic acids is 5. The molecule has 4 N–H and O–H groups in total. The average molecular weight is 1300 g/mol. The van der Waals surface area contributed by atoms with Gasteiger partial charge in [-0.25, -0.2) is 4.79 Å². The second kappa shape index (κ2) is 53.4. The highest BCUT2D eigenvalue weighted by Gasteiger charge is 2.29. The number of hydrogen-bond donors (Lipinski definition) is 2. The van der Waals surface area contributed by atoms with Crippen LogP contribution >= 0.6 is 15.6 Å². The van der Waals surface area contributed by atoms with E-state index in [1.54, 1.807) is 14.2 Å². The molecule has 0 saturated carbocycles. The zero-order valence-corrected chi connectivity index (χ0v) is 56.0. The van der Waals surface area contributed by atoms with Gasteiger partial charge in [0.1, 0.15) is 32.2 Å². The van der Waals surface area contributed by atoms with Gasteiger partial charge >= 0.3 is 24.0 Å². The fraction of sp³-hybridized carbons (Fsp3) is 0.742. The van der Waals surface area contributed by atoms with Gasteiger partial charge < -0.3 is 72.1 Å². The molecule has 1 aliphatic rings. The van der Waals surface area contributed by atoms with E-state index < -0.39 is 71.7 Å². The van der Waals surface area contributed by atoms with E-state index in [0.29, 0.717) is 19.1 Å². The molecule has 23 heteroatoms. The number of aldehydes is 1. The van der Waals surface area contributed by atoms with Gasteiger partial charge in [-0.1, -0.05) is 210 Å². The second-order valence-electron chi connectivity index (χ2n) is 22.7. The first-order valence-corrected chi connectivity index (χ1v) is 36.2. The summed E-state index contributed by atoms with van der Waals surface area (Å²) < 4.78 is 74.8. The van der Waals surface area contributed by atoms with Gasteiger partial charge in [0.05, 0.1) is 26.4 Å². The van der Waals surface area contributed by atoms with Crippen molar-refractivity contribution in [3.05, 3.63) is 59.7 Å². The van der Waals surface area contributed by atoms with Crippen LogP contribution < -0.4 is 20.8 Å². The average Bonchev–Trinajstić information content (AvgIpc) is 1.92. The molecule has 1 amide bonds. The highest BCUT2D eigenvalue weighted by molar-refractivity contribution is 7.46. The Labute approximate surface area is 532 Å². The Kier molecular flexibility index (Phi) is 48.6. The van der Waals surface area contributed by atoms with Crippen molar-refractivity contribution in [1.82, 2.24) is 5.32 Å². The van der Waals surface area contributed by atoms with Crippen LogP contribution in [0.25, 0.3) is 11.1 Å². The predicted octanol–water partition coefficient (Wildman–Crippen LogP) is 12.5. The quantitative estimate of drug-likeness (QED) is 0.0204. The Morgan fingerprint density at radius 2 is 0.899 bits per heavy atom. The first-order chi connectivity index (χ1) is 43.2. The highest BCUT2D eigenvalue weighted by Crippen LogP contribution is 2.45. The van der Waals surface area contributed by atoms with Crippen molar-refractivity contribution in [3.8, 4) is 11.1 Å². The van der Waals surface area contributed by atoms with Crippen LogP contribution in [0.5, 0.6) is 0 Å². The van der Waals surface area contributed by atoms with Crippen molar-refractivity contribution in [3.63, 3.8) is 0 Å². The Morgan fingerprint density at radius 1 is 0.506 bits per heavy atom. The van der Waals surface area contributed by atoms with Crippen LogP contribution in [-0.4, -0.2) is 123 Å². The van der Waals surface area contributed by atoms with E-state index in [4.69, 9.17) is 42.0 Å². The lowest BCUT2D eigenvalue weighted by Crippen LogP contribution is -2.52. The van der Waals surface area contributed by atoms with Gasteiger partial charge in [0.2, 0.25) is 0 Å². The summed E-state index contributed by atoms with van der Waals surface area (Å²) in [5, 5.41) is 2.46. The number of carbonyl (C=O) groups is 5. The van der Waals surface area contributed by atoms with Gasteiger partial charge in [0.25, 0.3) is 15.6 Å². The maximum atomic E-state index is 12.4. The van der Waals surface area contributed by atoms with E-state index in [2.05, 4.69) is 22.5 Å². The Balaban J connectivity index is 0.000000609. The molecule has 4 atom stereocenters. The third-order valence-corrected chi connectivity index (χ3v) is 17.0. The number of alkyl carbamates (subject to hydrolysis) is 1. The second-order valence-corrected chi connectivity index (χ2v) is 25.5. The molecule has 2 aromatic rings. The van der Waals surface area contributed by atoms with Crippen LogP contribution in [-0.2, 0) is 74.8 Å². The van der Waals surface area contributed by atoms with Gasteiger partial charge in [-0.15, -0.1) is 0 Å². The highest BCUT2D eigenvalue weighted by atomic mass is 31.2. The first kappa shape index (κ1) is 81.0. The number of esters is 3. The number of phosphoric acid groups is 2. The van der Waals surface area contributed by atoms with Crippen LogP contribution in [0.1, 0.15) is 236 Å². The molecule has 0 saturated heterocycles. The number of ether oxygens (including phenoxy) is 6. The number of methoxy groups -OCH3 is 2. The Bertz CT molecular complexity index is 2210. The molecule has 0 spiro atoms. The molecule has 89 heavy (non-hydrogen) atoms. The number of unbranched alkanes of at least 4 members (excludes halogenated alkanes) is 26. The van der Waals surface area contributed by atoms with Crippen LogP contribution in [0.4, 0.5) is 4.79 Å². The molecule has 3 rings (SSSR count). The van der Waals surface area contributed by atoms with Gasteiger partial charge in [0.15, 0.2) is 6.10 Å². The topological polar surface area (TPSA) is 298 Å². The van der Waals surface area contributed by atoms with E-state index >= 15 is 0 Å². The fourth-order valence-corrected chi connectivity index (χ4v) is 11.6. The van der Waals surface area contributed by atoms with Crippen molar-refractivity contribution >= 4 is 45.9 Å². The van der Waals surface area contributed by atoms with E-state index in [-0.39, 0.29) is 64.5 Å². The lowest BCUT2D eigenvalue weighted by atomic mass is 9.98. The monoisotopic (exact) mass is 1300 g/mol. The van der Waals surface area contributed by atoms with Gasteiger partial charge in [-0.2, -0.15) is 0 Å². The molecule has 0 bridgehead atoms. The third kappa shape index (κ3) is 42.6. The molecule has 2 aromatic carbocycles. The predicted molar refractivity (Wildman–Crippen MR) is 338 cm³/mol. The van der Waals surface area contributed by atoms with Crippen molar-refractivity contribution in [1.29, 1.82) is 0 Å². The Morgan fingerprint density at radius 3 is 1.34 bits per heavy atom. The zero-order chi connectivity index (χ0) is 64.9. The van der Waals surface area contributed by atoms with Gasteiger partial charge in [0, 0.05) is 65.6 Å². The Hall–Kier alpha value is -4.11. The minimum atomic E-state index is -4.78. The molecule has 0 fully saturated rings. The van der Waals surface area contributed by atoms with Crippen molar-refractivity contribution in [2.75, 3.05) is 80.2 Å². The lowest BCUT2D eigenvalue weighted by Gasteiger charge is -2.25. The van der Waals surface area contributed by atoms with Crippen LogP contribution in [0.3, 0.4) is 0 Å². The number of amides is 1. The summed E-state index contributed by atoms with van der Waals surface area (Å²) in [7, 11) is -5.91. The molecule has 1 aliphatic carbocycles. The fourth-order valence-electron chi connectivity index (χ4n) is 10.1. The standard InChI is InChI=1S/C34H48NO10P.C32H64NO9P/c1-41-23-14-8-6-4-2-3-5-7-9-19-33(37)45-27(20-22-36)25-44-46(39,40)43-24-21-35-34(38)42-26-32-30-17-12-10-15-28(30)29-16-11-13-18-31(29)32;1-3-4-5-6-7-8-9-11-14-17-20-23-31(34)39-28-30(29-41-43(36,37)40-27-25-33)42-32(35)24-21-18-15-12-10-13-16-19-22-26-38-2/h10-13,15-18,22,27,32H,2-9,14,19-21,23-26H2,1H3,(H,35,38)(H,39,40);30H,3-29,33H2,1-2H3,(H,36,37)/p-1. The molecule has 510 valence electrons. The third-order valence-electron chi connectivity index (χ3n) is 15.0. The summed E-state index contributed by atoms with van der Waals surface area (Å²) in [6, 6.07) is 15.9. The first-order valence-electron chi connectivity index (χ1n) is 33.2. The minimum absolute atomic E-state index is 0.102. The number of hydrogen-bond acceptors (Lipinski definition) is 19. The number of rotatable bonds is 57. The number of phosphoric ester groups is 2.